The molecule has 0 bridgehead atoms. The van der Waals surface area contributed by atoms with Crippen molar-refractivity contribution >= 4 is 24.3 Å². The van der Waals surface area contributed by atoms with Gasteiger partial charge in [-0.1, -0.05) is 38.7 Å². The van der Waals surface area contributed by atoms with Gasteiger partial charge in [-0.15, -0.1) is 12.4 Å². The summed E-state index contributed by atoms with van der Waals surface area (Å²) in [7, 11) is 0. The Bertz CT molecular complexity index is 467. The molecule has 1 aliphatic heterocycles. The molecule has 2 heterocycles. The highest BCUT2D eigenvalue weighted by atomic mass is 35.5. The van der Waals surface area contributed by atoms with Crippen molar-refractivity contribution in [3.8, 4) is 0 Å². The van der Waals surface area contributed by atoms with Crippen molar-refractivity contribution in [2.45, 2.75) is 44.6 Å². The van der Waals surface area contributed by atoms with E-state index in [2.05, 4.69) is 22.5 Å². The standard InChI is InChI=1S/C14H19N3O2.ClH/c1-2-3-4-5-8-14(11-7-6-9-15-10-11)12(18)16-13(19)17-14;/h6-7,9-10H,2-5,8H2,1H3,(H2,16,17,18,19);1H. The summed E-state index contributed by atoms with van der Waals surface area (Å²) < 4.78 is 0. The van der Waals surface area contributed by atoms with Gasteiger partial charge < -0.3 is 5.32 Å². The molecule has 0 spiro atoms. The fraction of sp³-hybridized carbons (Fsp3) is 0.500. The Morgan fingerprint density at radius 3 is 2.60 bits per heavy atom. The first-order valence-electron chi connectivity index (χ1n) is 6.73. The van der Waals surface area contributed by atoms with Crippen LogP contribution in [0.1, 0.15) is 44.6 Å². The number of unbranched alkanes of at least 4 members (excludes halogenated alkanes) is 3. The maximum absolute atomic E-state index is 12.1. The van der Waals surface area contributed by atoms with E-state index < -0.39 is 11.6 Å². The minimum absolute atomic E-state index is 0. The molecule has 0 aromatic carbocycles. The van der Waals surface area contributed by atoms with Crippen molar-refractivity contribution in [2.75, 3.05) is 0 Å². The topological polar surface area (TPSA) is 71.1 Å². The number of amides is 3. The number of hydrogen-bond donors (Lipinski definition) is 2. The van der Waals surface area contributed by atoms with Gasteiger partial charge in [0.05, 0.1) is 0 Å². The first kappa shape index (κ1) is 16.4. The number of rotatable bonds is 6. The molecule has 0 radical (unpaired) electrons. The van der Waals surface area contributed by atoms with E-state index in [1.165, 1.54) is 0 Å². The van der Waals surface area contributed by atoms with Crippen LogP contribution < -0.4 is 10.6 Å². The molecule has 20 heavy (non-hydrogen) atoms. The van der Waals surface area contributed by atoms with Crippen LogP contribution in [0.15, 0.2) is 24.5 Å². The van der Waals surface area contributed by atoms with E-state index in [4.69, 9.17) is 0 Å². The molecule has 1 aromatic rings. The number of halogens is 1. The lowest BCUT2D eigenvalue weighted by Gasteiger charge is -2.26. The van der Waals surface area contributed by atoms with Crippen molar-refractivity contribution in [2.24, 2.45) is 0 Å². The number of imide groups is 1. The normalized spacial score (nSPS) is 21.1. The SMILES string of the molecule is CCCCCCC1(c2cccnc2)NC(=O)NC1=O.Cl. The summed E-state index contributed by atoms with van der Waals surface area (Å²) in [6, 6.07) is 3.18. The van der Waals surface area contributed by atoms with Crippen LogP contribution in [0.4, 0.5) is 4.79 Å². The molecule has 5 nitrogen and oxygen atoms in total. The molecule has 1 fully saturated rings. The number of nitrogens with zero attached hydrogens (tertiary/aromatic N) is 1. The van der Waals surface area contributed by atoms with Crippen LogP contribution in [0.25, 0.3) is 0 Å². The second-order valence-corrected chi connectivity index (χ2v) is 4.87. The largest absolute Gasteiger partial charge is 0.322 e. The lowest BCUT2D eigenvalue weighted by Crippen LogP contribution is -2.43. The van der Waals surface area contributed by atoms with Gasteiger partial charge in [-0.3, -0.25) is 15.1 Å². The van der Waals surface area contributed by atoms with Gasteiger partial charge in [0, 0.05) is 18.0 Å². The van der Waals surface area contributed by atoms with Crippen LogP contribution >= 0.6 is 12.4 Å². The molecular formula is C14H20ClN3O2. The van der Waals surface area contributed by atoms with Crippen LogP contribution in [-0.4, -0.2) is 16.9 Å². The molecule has 1 unspecified atom stereocenters. The molecule has 110 valence electrons. The van der Waals surface area contributed by atoms with Gasteiger partial charge in [-0.05, 0) is 12.5 Å². The van der Waals surface area contributed by atoms with Gasteiger partial charge in [0.15, 0.2) is 0 Å². The van der Waals surface area contributed by atoms with E-state index in [9.17, 15) is 9.59 Å². The monoisotopic (exact) mass is 297 g/mol. The molecule has 3 amide bonds. The highest BCUT2D eigenvalue weighted by molar-refractivity contribution is 6.07. The third-order valence-corrected chi connectivity index (χ3v) is 3.50. The molecular weight excluding hydrogens is 278 g/mol. The van der Waals surface area contributed by atoms with Gasteiger partial charge >= 0.3 is 6.03 Å². The maximum atomic E-state index is 12.1. The number of carbonyl (C=O) groups is 2. The van der Waals surface area contributed by atoms with E-state index in [0.717, 1.165) is 31.2 Å². The molecule has 1 saturated heterocycles. The first-order valence-corrected chi connectivity index (χ1v) is 6.73. The second-order valence-electron chi connectivity index (χ2n) is 4.87. The van der Waals surface area contributed by atoms with E-state index in [1.54, 1.807) is 18.5 Å². The zero-order valence-electron chi connectivity index (χ0n) is 11.5. The van der Waals surface area contributed by atoms with Gasteiger partial charge in [0.25, 0.3) is 5.91 Å². The number of nitrogens with one attached hydrogen (secondary N) is 2. The summed E-state index contributed by atoms with van der Waals surface area (Å²) in [5.41, 5.74) is -0.200. The smallest absolute Gasteiger partial charge is 0.319 e. The maximum Gasteiger partial charge on any atom is 0.322 e. The molecule has 2 rings (SSSR count). The first-order chi connectivity index (χ1) is 9.19. The van der Waals surface area contributed by atoms with Crippen LogP contribution in [0, 0.1) is 0 Å². The van der Waals surface area contributed by atoms with E-state index >= 15 is 0 Å². The van der Waals surface area contributed by atoms with Gasteiger partial charge in [-0.2, -0.15) is 0 Å². The predicted molar refractivity (Wildman–Crippen MR) is 78.6 cm³/mol. The number of carbonyl (C=O) groups excluding carboxylic acids is 2. The van der Waals surface area contributed by atoms with E-state index in [1.807, 2.05) is 6.07 Å². The second kappa shape index (κ2) is 7.24. The Labute approximate surface area is 125 Å². The minimum atomic E-state index is -0.945. The van der Waals surface area contributed by atoms with Crippen molar-refractivity contribution in [1.82, 2.24) is 15.6 Å². The average molecular weight is 298 g/mol. The van der Waals surface area contributed by atoms with Crippen molar-refractivity contribution in [1.29, 1.82) is 0 Å². The molecule has 6 heteroatoms. The fourth-order valence-corrected chi connectivity index (χ4v) is 2.45. The van der Waals surface area contributed by atoms with Crippen LogP contribution in [-0.2, 0) is 10.3 Å². The summed E-state index contributed by atoms with van der Waals surface area (Å²) in [5, 5.41) is 5.10. The van der Waals surface area contributed by atoms with Gasteiger partial charge in [-0.25, -0.2) is 4.79 Å². The molecule has 1 aliphatic rings. The lowest BCUT2D eigenvalue weighted by molar-refractivity contribution is -0.124. The van der Waals surface area contributed by atoms with E-state index in [0.29, 0.717) is 6.42 Å². The van der Waals surface area contributed by atoms with E-state index in [-0.39, 0.29) is 18.3 Å². The third kappa shape index (κ3) is 3.28. The summed E-state index contributed by atoms with van der Waals surface area (Å²) in [5.74, 6) is -0.276. The zero-order valence-corrected chi connectivity index (χ0v) is 12.3. The third-order valence-electron chi connectivity index (χ3n) is 3.50. The Kier molecular flexibility index (Phi) is 5.95. The number of aromatic nitrogens is 1. The summed E-state index contributed by atoms with van der Waals surface area (Å²) in [6.07, 6.45) is 8.14. The van der Waals surface area contributed by atoms with Crippen molar-refractivity contribution in [3.63, 3.8) is 0 Å². The van der Waals surface area contributed by atoms with Gasteiger partial charge in [0.1, 0.15) is 5.54 Å². The summed E-state index contributed by atoms with van der Waals surface area (Å²) >= 11 is 0. The Balaban J connectivity index is 0.00000200. The highest BCUT2D eigenvalue weighted by Gasteiger charge is 2.47. The van der Waals surface area contributed by atoms with Crippen LogP contribution in [0.3, 0.4) is 0 Å². The number of pyridine rings is 1. The zero-order chi connectivity index (χ0) is 13.7. The Hall–Kier alpha value is -1.62. The lowest BCUT2D eigenvalue weighted by atomic mass is 9.85. The average Bonchev–Trinajstić information content (AvgIpc) is 2.71. The van der Waals surface area contributed by atoms with Crippen LogP contribution in [0.2, 0.25) is 0 Å². The van der Waals surface area contributed by atoms with Crippen LogP contribution in [0.5, 0.6) is 0 Å². The highest BCUT2D eigenvalue weighted by Crippen LogP contribution is 2.30. The van der Waals surface area contributed by atoms with Crippen molar-refractivity contribution in [3.05, 3.63) is 30.1 Å². The number of hydrogen-bond acceptors (Lipinski definition) is 3. The molecule has 1 aromatic heterocycles. The summed E-state index contributed by atoms with van der Waals surface area (Å²) in [6.45, 7) is 2.14. The summed E-state index contributed by atoms with van der Waals surface area (Å²) in [4.78, 5) is 27.7. The molecule has 2 N–H and O–H groups in total. The fourth-order valence-electron chi connectivity index (χ4n) is 2.45. The van der Waals surface area contributed by atoms with Gasteiger partial charge in [0.2, 0.25) is 0 Å². The molecule has 0 aliphatic carbocycles. The molecule has 1 atom stereocenters. The Morgan fingerprint density at radius 1 is 1.25 bits per heavy atom. The molecule has 0 saturated carbocycles. The quantitative estimate of drug-likeness (QED) is 0.626. The Morgan fingerprint density at radius 2 is 2.05 bits per heavy atom. The number of urea groups is 1. The minimum Gasteiger partial charge on any atom is -0.319 e. The predicted octanol–water partition coefficient (Wildman–Crippen LogP) is 2.51. The van der Waals surface area contributed by atoms with Crippen molar-refractivity contribution < 1.29 is 9.59 Å².